The van der Waals surface area contributed by atoms with Crippen molar-refractivity contribution < 1.29 is 22.8 Å². The zero-order chi connectivity index (χ0) is 20.9. The molecule has 12 heteroatoms. The summed E-state index contributed by atoms with van der Waals surface area (Å²) in [5.41, 5.74) is 0.681. The van der Waals surface area contributed by atoms with E-state index in [2.05, 4.69) is 20.9 Å². The number of hydrogen-bond acceptors (Lipinski definition) is 7. The van der Waals surface area contributed by atoms with Gasteiger partial charge in [-0.2, -0.15) is 4.31 Å². The van der Waals surface area contributed by atoms with E-state index in [-0.39, 0.29) is 10.4 Å². The molecule has 3 amide bonds. The molecule has 1 aromatic heterocycles. The van der Waals surface area contributed by atoms with Crippen molar-refractivity contribution in [1.29, 1.82) is 0 Å². The van der Waals surface area contributed by atoms with E-state index in [1.165, 1.54) is 29.4 Å². The Hall–Kier alpha value is -2.73. The Morgan fingerprint density at radius 1 is 1.25 bits per heavy atom. The van der Waals surface area contributed by atoms with E-state index < -0.39 is 28.1 Å². The van der Waals surface area contributed by atoms with Crippen molar-refractivity contribution in [2.45, 2.75) is 38.7 Å². The van der Waals surface area contributed by atoms with Gasteiger partial charge in [0.05, 0.1) is 4.90 Å². The topological polar surface area (TPSA) is 136 Å². The molecule has 1 heterocycles. The van der Waals surface area contributed by atoms with Crippen LogP contribution in [0.3, 0.4) is 0 Å². The lowest BCUT2D eigenvalue weighted by molar-refractivity contribution is -0.131. The molecule has 0 bridgehead atoms. The van der Waals surface area contributed by atoms with Gasteiger partial charge in [0.2, 0.25) is 16.1 Å². The van der Waals surface area contributed by atoms with Crippen LogP contribution in [0.25, 0.3) is 11.0 Å². The maximum Gasteiger partial charge on any atom is 0.321 e. The van der Waals surface area contributed by atoms with E-state index in [1.807, 2.05) is 0 Å². The van der Waals surface area contributed by atoms with Crippen LogP contribution in [-0.2, 0) is 14.8 Å². The third-order valence-corrected chi connectivity index (χ3v) is 5.98. The number of carbonyl (C=O) groups excluding carboxylic acids is 2. The first-order valence-corrected chi connectivity index (χ1v) is 10.3. The smallest absolute Gasteiger partial charge is 0.321 e. The summed E-state index contributed by atoms with van der Waals surface area (Å²) < 4.78 is 26.7. The van der Waals surface area contributed by atoms with Gasteiger partial charge in [-0.05, 0) is 37.3 Å². The number of amides is 3. The van der Waals surface area contributed by atoms with Gasteiger partial charge >= 0.3 is 6.03 Å². The fourth-order valence-electron chi connectivity index (χ4n) is 2.44. The minimum atomic E-state index is -3.68. The lowest BCUT2D eigenvalue weighted by atomic mass is 10.3. The Kier molecular flexibility index (Phi) is 6.91. The van der Waals surface area contributed by atoms with Gasteiger partial charge in [-0.1, -0.05) is 18.7 Å². The molecular weight excluding hydrogens is 388 g/mol. The third kappa shape index (κ3) is 4.57. The summed E-state index contributed by atoms with van der Waals surface area (Å²) >= 11 is 0. The maximum atomic E-state index is 12.7. The van der Waals surface area contributed by atoms with Crippen molar-refractivity contribution >= 4 is 33.0 Å². The molecular formula is C16H24N6O5S. The van der Waals surface area contributed by atoms with E-state index in [9.17, 15) is 18.0 Å². The predicted molar refractivity (Wildman–Crippen MR) is 101 cm³/mol. The van der Waals surface area contributed by atoms with E-state index in [4.69, 9.17) is 4.84 Å². The van der Waals surface area contributed by atoms with Crippen LogP contribution in [0.4, 0.5) is 4.79 Å². The van der Waals surface area contributed by atoms with Crippen molar-refractivity contribution in [1.82, 2.24) is 30.1 Å². The van der Waals surface area contributed by atoms with Crippen LogP contribution in [0.15, 0.2) is 23.1 Å². The molecule has 0 radical (unpaired) electrons. The first kappa shape index (κ1) is 21.6. The van der Waals surface area contributed by atoms with Crippen molar-refractivity contribution in [3.8, 4) is 0 Å². The molecule has 1 aromatic carbocycles. The number of urea groups is 1. The van der Waals surface area contributed by atoms with Gasteiger partial charge in [0.25, 0.3) is 5.91 Å². The van der Waals surface area contributed by atoms with Gasteiger partial charge in [-0.25, -0.2) is 13.2 Å². The monoisotopic (exact) mass is 412 g/mol. The van der Waals surface area contributed by atoms with Crippen molar-refractivity contribution in [3.63, 3.8) is 0 Å². The molecule has 2 aromatic rings. The van der Waals surface area contributed by atoms with Gasteiger partial charge < -0.3 is 10.2 Å². The Balaban J connectivity index is 2.27. The SMILES string of the molecule is CCNC(=O)NC(=O)[C@@H](C)On1nnc2ccc(S(=O)(=O)N(CC)CC)cc21. The number of rotatable bonds is 8. The summed E-state index contributed by atoms with van der Waals surface area (Å²) in [5, 5.41) is 12.3. The van der Waals surface area contributed by atoms with E-state index >= 15 is 0 Å². The second kappa shape index (κ2) is 8.97. The number of hydrogen-bond donors (Lipinski definition) is 2. The first-order valence-electron chi connectivity index (χ1n) is 8.86. The Labute approximate surface area is 163 Å². The summed E-state index contributed by atoms with van der Waals surface area (Å²) in [6.07, 6.45) is -1.07. The molecule has 0 fully saturated rings. The summed E-state index contributed by atoms with van der Waals surface area (Å²) in [6, 6.07) is 3.70. The van der Waals surface area contributed by atoms with Gasteiger partial charge in [0.1, 0.15) is 11.0 Å². The van der Waals surface area contributed by atoms with Crippen molar-refractivity contribution in [2.75, 3.05) is 19.6 Å². The fraction of sp³-hybridized carbons (Fsp3) is 0.500. The molecule has 0 unspecified atom stereocenters. The number of fused-ring (bicyclic) bond motifs is 1. The minimum Gasteiger partial charge on any atom is -0.382 e. The van der Waals surface area contributed by atoms with Gasteiger partial charge in [0, 0.05) is 19.6 Å². The lowest BCUT2D eigenvalue weighted by Gasteiger charge is -2.18. The number of carbonyl (C=O) groups is 2. The maximum absolute atomic E-state index is 12.7. The number of sulfonamides is 1. The van der Waals surface area contributed by atoms with E-state index in [0.717, 1.165) is 4.85 Å². The summed E-state index contributed by atoms with van der Waals surface area (Å²) in [4.78, 5) is 29.9. The Morgan fingerprint density at radius 2 is 1.93 bits per heavy atom. The molecule has 2 N–H and O–H groups in total. The average molecular weight is 412 g/mol. The molecule has 1 atom stereocenters. The second-order valence-corrected chi connectivity index (χ2v) is 7.74. The van der Waals surface area contributed by atoms with Gasteiger partial charge in [0.15, 0.2) is 0 Å². The Morgan fingerprint density at radius 3 is 2.54 bits per heavy atom. The summed E-state index contributed by atoms with van der Waals surface area (Å²) in [7, 11) is -3.68. The number of nitrogens with one attached hydrogen (secondary N) is 2. The molecule has 0 aliphatic heterocycles. The van der Waals surface area contributed by atoms with Gasteiger partial charge in [-0.15, -0.1) is 5.10 Å². The highest BCUT2D eigenvalue weighted by atomic mass is 32.2. The van der Waals surface area contributed by atoms with Crippen LogP contribution in [0.1, 0.15) is 27.7 Å². The van der Waals surface area contributed by atoms with Crippen LogP contribution in [0.5, 0.6) is 0 Å². The highest BCUT2D eigenvalue weighted by Gasteiger charge is 2.24. The summed E-state index contributed by atoms with van der Waals surface area (Å²) in [6.45, 7) is 7.69. The quantitative estimate of drug-likeness (QED) is 0.629. The molecule has 28 heavy (non-hydrogen) atoms. The molecule has 0 aliphatic carbocycles. The molecule has 11 nitrogen and oxygen atoms in total. The Bertz CT molecular complexity index is 954. The van der Waals surface area contributed by atoms with E-state index in [1.54, 1.807) is 20.8 Å². The van der Waals surface area contributed by atoms with Crippen molar-refractivity contribution in [2.24, 2.45) is 0 Å². The van der Waals surface area contributed by atoms with Crippen LogP contribution in [0, 0.1) is 0 Å². The van der Waals surface area contributed by atoms with Crippen molar-refractivity contribution in [3.05, 3.63) is 18.2 Å². The number of imide groups is 1. The molecule has 2 rings (SSSR count). The molecule has 0 saturated heterocycles. The average Bonchev–Trinajstić information content (AvgIpc) is 3.04. The van der Waals surface area contributed by atoms with Crippen LogP contribution in [0.2, 0.25) is 0 Å². The zero-order valence-corrected chi connectivity index (χ0v) is 17.0. The second-order valence-electron chi connectivity index (χ2n) is 5.80. The zero-order valence-electron chi connectivity index (χ0n) is 16.2. The third-order valence-electron chi connectivity index (χ3n) is 3.93. The fourth-order valence-corrected chi connectivity index (χ4v) is 3.92. The highest BCUT2D eigenvalue weighted by molar-refractivity contribution is 7.89. The number of aromatic nitrogens is 3. The molecule has 0 spiro atoms. The summed E-state index contributed by atoms with van der Waals surface area (Å²) in [5.74, 6) is -0.679. The normalized spacial score (nSPS) is 12.8. The highest BCUT2D eigenvalue weighted by Crippen LogP contribution is 2.20. The van der Waals surface area contributed by atoms with Crippen LogP contribution in [-0.4, -0.2) is 65.6 Å². The predicted octanol–water partition coefficient (Wildman–Crippen LogP) is 0.125. The standard InChI is InChI=1S/C16H24N6O5S/c1-5-17-16(24)18-15(23)11(4)27-22-14-10-12(8-9-13(14)19-20-22)28(25,26)21(6-2)7-3/h8-11H,5-7H2,1-4H3,(H2,17,18,23,24)/t11-/m1/s1. The first-order chi connectivity index (χ1) is 13.2. The number of nitrogens with zero attached hydrogens (tertiary/aromatic N) is 4. The largest absolute Gasteiger partial charge is 0.382 e. The molecule has 0 aliphatic rings. The van der Waals surface area contributed by atoms with E-state index in [0.29, 0.717) is 25.2 Å². The van der Waals surface area contributed by atoms with Crippen LogP contribution >= 0.6 is 0 Å². The van der Waals surface area contributed by atoms with Crippen LogP contribution < -0.4 is 15.5 Å². The molecule has 154 valence electrons. The minimum absolute atomic E-state index is 0.0651. The van der Waals surface area contributed by atoms with Gasteiger partial charge in [-0.3, -0.25) is 10.1 Å². The number of benzene rings is 1. The molecule has 0 saturated carbocycles. The lowest BCUT2D eigenvalue weighted by Crippen LogP contribution is -2.46.